The average Bonchev–Trinajstić information content (AvgIpc) is 3.38. The lowest BCUT2D eigenvalue weighted by Gasteiger charge is -2.44. The van der Waals surface area contributed by atoms with Gasteiger partial charge in [-0.15, -0.1) is 0 Å². The number of likely N-dealkylation sites (tertiary alicyclic amines) is 1. The molecule has 1 saturated carbocycles. The highest BCUT2D eigenvalue weighted by Crippen LogP contribution is 2.36. The van der Waals surface area contributed by atoms with Crippen LogP contribution in [0, 0.1) is 5.41 Å². The van der Waals surface area contributed by atoms with Crippen molar-refractivity contribution in [3.8, 4) is 0 Å². The van der Waals surface area contributed by atoms with Crippen molar-refractivity contribution in [1.82, 2.24) is 10.2 Å². The van der Waals surface area contributed by atoms with Gasteiger partial charge in [-0.05, 0) is 82.2 Å². The standard InChI is InChI=1S/C20H30N2O2/c1-15(2)22-10-8-20(9-11-22,14-21-18-6-7-18)13-16-4-3-5-17(12-16)19(23)24/h3-5,12,15,18,21H,6-11,13-14H2,1-2H3,(H,23,24). The fourth-order valence-corrected chi connectivity index (χ4v) is 3.83. The Morgan fingerprint density at radius 1 is 1.33 bits per heavy atom. The molecule has 0 unspecified atom stereocenters. The number of nitrogens with zero attached hydrogens (tertiary/aromatic N) is 1. The van der Waals surface area contributed by atoms with E-state index in [1.165, 1.54) is 25.7 Å². The first kappa shape index (κ1) is 17.4. The maximum atomic E-state index is 11.2. The summed E-state index contributed by atoms with van der Waals surface area (Å²) in [6.07, 6.45) is 5.95. The molecule has 132 valence electrons. The molecule has 2 aliphatic rings. The summed E-state index contributed by atoms with van der Waals surface area (Å²) in [5.41, 5.74) is 1.81. The minimum absolute atomic E-state index is 0.255. The van der Waals surface area contributed by atoms with E-state index < -0.39 is 5.97 Å². The topological polar surface area (TPSA) is 52.6 Å². The van der Waals surface area contributed by atoms with E-state index in [1.54, 1.807) is 6.07 Å². The molecule has 1 heterocycles. The molecule has 2 fully saturated rings. The van der Waals surface area contributed by atoms with Crippen molar-refractivity contribution in [2.75, 3.05) is 19.6 Å². The Kier molecular flexibility index (Phi) is 5.26. The van der Waals surface area contributed by atoms with E-state index in [0.29, 0.717) is 11.6 Å². The number of benzene rings is 1. The van der Waals surface area contributed by atoms with Crippen LogP contribution in [-0.2, 0) is 6.42 Å². The molecule has 3 rings (SSSR count). The van der Waals surface area contributed by atoms with Crippen LogP contribution in [0.3, 0.4) is 0 Å². The van der Waals surface area contributed by atoms with Gasteiger partial charge in [-0.3, -0.25) is 0 Å². The molecule has 0 aromatic heterocycles. The number of carboxylic acid groups (broad SMARTS) is 1. The summed E-state index contributed by atoms with van der Waals surface area (Å²) < 4.78 is 0. The molecule has 0 amide bonds. The number of carboxylic acids is 1. The summed E-state index contributed by atoms with van der Waals surface area (Å²) in [5.74, 6) is -0.836. The van der Waals surface area contributed by atoms with Crippen molar-refractivity contribution < 1.29 is 9.90 Å². The predicted molar refractivity (Wildman–Crippen MR) is 96.5 cm³/mol. The van der Waals surface area contributed by atoms with E-state index in [1.807, 2.05) is 12.1 Å². The number of nitrogens with one attached hydrogen (secondary N) is 1. The summed E-state index contributed by atoms with van der Waals surface area (Å²) in [6, 6.07) is 8.83. The number of piperidine rings is 1. The minimum Gasteiger partial charge on any atom is -0.478 e. The molecule has 1 aromatic carbocycles. The maximum Gasteiger partial charge on any atom is 0.335 e. The Labute approximate surface area is 145 Å². The van der Waals surface area contributed by atoms with Gasteiger partial charge in [0.05, 0.1) is 5.56 Å². The van der Waals surface area contributed by atoms with E-state index in [9.17, 15) is 9.90 Å². The van der Waals surface area contributed by atoms with Crippen molar-refractivity contribution in [3.63, 3.8) is 0 Å². The average molecular weight is 330 g/mol. The van der Waals surface area contributed by atoms with Gasteiger partial charge in [0, 0.05) is 18.6 Å². The molecule has 2 N–H and O–H groups in total. The van der Waals surface area contributed by atoms with Gasteiger partial charge in [0.25, 0.3) is 0 Å². The van der Waals surface area contributed by atoms with Crippen molar-refractivity contribution in [3.05, 3.63) is 35.4 Å². The highest BCUT2D eigenvalue weighted by molar-refractivity contribution is 5.87. The summed E-state index contributed by atoms with van der Waals surface area (Å²) >= 11 is 0. The van der Waals surface area contributed by atoms with E-state index in [4.69, 9.17) is 0 Å². The molecule has 1 aromatic rings. The molecule has 0 spiro atoms. The van der Waals surface area contributed by atoms with Crippen LogP contribution in [0.25, 0.3) is 0 Å². The van der Waals surface area contributed by atoms with E-state index in [0.717, 1.165) is 37.7 Å². The largest absolute Gasteiger partial charge is 0.478 e. The van der Waals surface area contributed by atoms with Crippen LogP contribution in [0.1, 0.15) is 55.5 Å². The highest BCUT2D eigenvalue weighted by atomic mass is 16.4. The number of rotatable bonds is 7. The second-order valence-corrected chi connectivity index (χ2v) is 7.97. The highest BCUT2D eigenvalue weighted by Gasteiger charge is 2.36. The van der Waals surface area contributed by atoms with E-state index >= 15 is 0 Å². The number of hydrogen-bond donors (Lipinski definition) is 2. The van der Waals surface area contributed by atoms with Crippen molar-refractivity contribution in [2.24, 2.45) is 5.41 Å². The van der Waals surface area contributed by atoms with Crippen molar-refractivity contribution >= 4 is 5.97 Å². The fraction of sp³-hybridized carbons (Fsp3) is 0.650. The van der Waals surface area contributed by atoms with Gasteiger partial charge in [-0.2, -0.15) is 0 Å². The van der Waals surface area contributed by atoms with Crippen LogP contribution < -0.4 is 5.32 Å². The lowest BCUT2D eigenvalue weighted by molar-refractivity contribution is 0.0695. The third-order valence-corrected chi connectivity index (χ3v) is 5.69. The van der Waals surface area contributed by atoms with Crippen LogP contribution in [-0.4, -0.2) is 47.7 Å². The molecule has 4 nitrogen and oxygen atoms in total. The van der Waals surface area contributed by atoms with E-state index in [-0.39, 0.29) is 5.41 Å². The number of hydrogen-bond acceptors (Lipinski definition) is 3. The number of carbonyl (C=O) groups is 1. The molecule has 1 aliphatic heterocycles. The number of aromatic carboxylic acids is 1. The lowest BCUT2D eigenvalue weighted by Crippen LogP contribution is -2.48. The Morgan fingerprint density at radius 2 is 2.04 bits per heavy atom. The maximum absolute atomic E-state index is 11.2. The smallest absolute Gasteiger partial charge is 0.335 e. The van der Waals surface area contributed by atoms with Crippen molar-refractivity contribution in [2.45, 2.75) is 58.0 Å². The monoisotopic (exact) mass is 330 g/mol. The molecule has 1 saturated heterocycles. The first-order chi connectivity index (χ1) is 11.5. The van der Waals surface area contributed by atoms with E-state index in [2.05, 4.69) is 30.1 Å². The van der Waals surface area contributed by atoms with Gasteiger partial charge in [0.15, 0.2) is 0 Å². The third-order valence-electron chi connectivity index (χ3n) is 5.69. The zero-order valence-electron chi connectivity index (χ0n) is 14.9. The third kappa shape index (κ3) is 4.37. The molecule has 0 atom stereocenters. The molecule has 0 radical (unpaired) electrons. The second kappa shape index (κ2) is 7.24. The van der Waals surface area contributed by atoms with Crippen LogP contribution in [0.2, 0.25) is 0 Å². The molecule has 1 aliphatic carbocycles. The molecule has 4 heteroatoms. The van der Waals surface area contributed by atoms with Gasteiger partial charge >= 0.3 is 5.97 Å². The minimum atomic E-state index is -0.836. The molecular formula is C20H30N2O2. The van der Waals surface area contributed by atoms with Crippen LogP contribution in [0.5, 0.6) is 0 Å². The van der Waals surface area contributed by atoms with Gasteiger partial charge in [0.2, 0.25) is 0 Å². The van der Waals surface area contributed by atoms with Gasteiger partial charge < -0.3 is 15.3 Å². The molecule has 24 heavy (non-hydrogen) atoms. The SMILES string of the molecule is CC(C)N1CCC(CNC2CC2)(Cc2cccc(C(=O)O)c2)CC1. The van der Waals surface area contributed by atoms with Crippen LogP contribution >= 0.6 is 0 Å². The summed E-state index contributed by atoms with van der Waals surface area (Å²) in [6.45, 7) is 7.88. The zero-order valence-corrected chi connectivity index (χ0v) is 14.9. The van der Waals surface area contributed by atoms with Gasteiger partial charge in [-0.25, -0.2) is 4.79 Å². The molecule has 0 bridgehead atoms. The van der Waals surface area contributed by atoms with Gasteiger partial charge in [0.1, 0.15) is 0 Å². The normalized spacial score (nSPS) is 21.1. The summed E-state index contributed by atoms with van der Waals surface area (Å²) in [4.78, 5) is 13.8. The van der Waals surface area contributed by atoms with Gasteiger partial charge in [-0.1, -0.05) is 12.1 Å². The molecular weight excluding hydrogens is 300 g/mol. The quantitative estimate of drug-likeness (QED) is 0.806. The predicted octanol–water partition coefficient (Wildman–Crippen LogP) is 3.17. The van der Waals surface area contributed by atoms with Crippen LogP contribution in [0.4, 0.5) is 0 Å². The first-order valence-electron chi connectivity index (χ1n) is 9.27. The second-order valence-electron chi connectivity index (χ2n) is 7.97. The summed E-state index contributed by atoms with van der Waals surface area (Å²) in [5, 5.41) is 13.0. The lowest BCUT2D eigenvalue weighted by atomic mass is 9.73. The Hall–Kier alpha value is -1.39. The fourth-order valence-electron chi connectivity index (χ4n) is 3.83. The van der Waals surface area contributed by atoms with Crippen LogP contribution in [0.15, 0.2) is 24.3 Å². The van der Waals surface area contributed by atoms with Crippen molar-refractivity contribution in [1.29, 1.82) is 0 Å². The zero-order chi connectivity index (χ0) is 17.2. The first-order valence-corrected chi connectivity index (χ1v) is 9.27. The Bertz CT molecular complexity index is 573. The summed E-state index contributed by atoms with van der Waals surface area (Å²) in [7, 11) is 0. The Balaban J connectivity index is 1.72. The Morgan fingerprint density at radius 3 is 2.62 bits per heavy atom.